The average molecular weight is 521 g/mol. The van der Waals surface area contributed by atoms with E-state index in [0.717, 1.165) is 23.3 Å². The second kappa shape index (κ2) is 9.88. The van der Waals surface area contributed by atoms with Crippen molar-refractivity contribution in [3.05, 3.63) is 22.2 Å². The maximum absolute atomic E-state index is 16.1. The highest BCUT2D eigenvalue weighted by molar-refractivity contribution is 9.10. The Morgan fingerprint density at radius 2 is 1.90 bits per heavy atom. The Bertz CT molecular complexity index is 903. The molecule has 1 aliphatic rings. The molecule has 0 radical (unpaired) electrons. The normalized spacial score (nSPS) is 26.0. The van der Waals surface area contributed by atoms with Crippen molar-refractivity contribution in [3.8, 4) is 0 Å². The first-order valence-corrected chi connectivity index (χ1v) is 15.8. The Kier molecular flexibility index (Phi) is 8.43. The summed E-state index contributed by atoms with van der Waals surface area (Å²) in [7, 11) is -4.99. The highest BCUT2D eigenvalue weighted by atomic mass is 79.9. The first-order valence-electron chi connectivity index (χ1n) is 10.8. The molecule has 0 saturated carbocycles. The summed E-state index contributed by atoms with van der Waals surface area (Å²) in [4.78, 5) is 9.08. The van der Waals surface area contributed by atoms with E-state index in [-0.39, 0.29) is 24.7 Å². The molecule has 0 fully saturated rings. The lowest BCUT2D eigenvalue weighted by atomic mass is 10.1. The number of nitrogens with zero attached hydrogens (tertiary/aromatic N) is 3. The van der Waals surface area contributed by atoms with Gasteiger partial charge in [-0.3, -0.25) is 4.99 Å². The van der Waals surface area contributed by atoms with E-state index < -0.39 is 33.8 Å². The number of aliphatic imine (C=N–C) groups is 1. The van der Waals surface area contributed by atoms with Crippen LogP contribution in [0.5, 0.6) is 0 Å². The van der Waals surface area contributed by atoms with Crippen molar-refractivity contribution in [3.63, 3.8) is 0 Å². The van der Waals surface area contributed by atoms with E-state index in [4.69, 9.17) is 0 Å². The van der Waals surface area contributed by atoms with E-state index >= 15 is 4.39 Å². The van der Waals surface area contributed by atoms with Gasteiger partial charge in [-0.2, -0.15) is 0 Å². The van der Waals surface area contributed by atoms with Crippen molar-refractivity contribution in [1.29, 1.82) is 0 Å². The molecular weight excluding hydrogens is 485 g/mol. The van der Waals surface area contributed by atoms with Crippen LogP contribution in [-0.4, -0.2) is 52.5 Å². The number of aliphatic hydroxyl groups excluding tert-OH is 1. The molecule has 170 valence electrons. The summed E-state index contributed by atoms with van der Waals surface area (Å²) in [5.41, 5.74) is 0.210. The molecule has 0 spiro atoms. The third-order valence-corrected chi connectivity index (χ3v) is 16.0. The lowest BCUT2D eigenvalue weighted by molar-refractivity contribution is 0.291. The van der Waals surface area contributed by atoms with E-state index in [1.54, 1.807) is 6.21 Å². The zero-order valence-electron chi connectivity index (χ0n) is 18.9. The molecule has 0 amide bonds. The van der Waals surface area contributed by atoms with Gasteiger partial charge in [0.1, 0.15) is 15.7 Å². The Hall–Kier alpha value is -0.643. The predicted octanol–water partition coefficient (Wildman–Crippen LogP) is 4.84. The number of pyridine rings is 1. The molecule has 1 aromatic rings. The lowest BCUT2D eigenvalue weighted by Crippen LogP contribution is -2.50. The number of aromatic nitrogens is 1. The third-order valence-electron chi connectivity index (χ3n) is 6.58. The van der Waals surface area contributed by atoms with Crippen LogP contribution in [0.15, 0.2) is 20.0 Å². The Labute approximate surface area is 190 Å². The molecule has 1 unspecified atom stereocenters. The zero-order valence-corrected chi connectivity index (χ0v) is 22.3. The average Bonchev–Trinajstić information content (AvgIpc) is 2.70. The van der Waals surface area contributed by atoms with Gasteiger partial charge in [0, 0.05) is 12.8 Å². The van der Waals surface area contributed by atoms with Gasteiger partial charge in [0.05, 0.1) is 40.8 Å². The summed E-state index contributed by atoms with van der Waals surface area (Å²) in [5, 5.41) is 9.19. The fraction of sp³-hybridized carbons (Fsp3) is 0.714. The molecule has 0 aromatic carbocycles. The molecule has 9 heteroatoms. The zero-order chi connectivity index (χ0) is 22.7. The van der Waals surface area contributed by atoms with Crippen LogP contribution in [0.4, 0.5) is 4.39 Å². The monoisotopic (exact) mass is 519 g/mol. The van der Waals surface area contributed by atoms with Crippen molar-refractivity contribution >= 4 is 45.1 Å². The van der Waals surface area contributed by atoms with Crippen LogP contribution >= 0.6 is 15.9 Å². The third kappa shape index (κ3) is 4.45. The summed E-state index contributed by atoms with van der Waals surface area (Å²) in [6.45, 7) is 12.2. The highest BCUT2D eigenvalue weighted by Crippen LogP contribution is 2.41. The molecule has 1 N–H and O–H groups in total. The second-order valence-corrected chi connectivity index (χ2v) is 17.6. The molecule has 0 saturated heterocycles. The fourth-order valence-corrected chi connectivity index (χ4v) is 11.5. The topological polar surface area (TPSA) is 74.9 Å². The van der Waals surface area contributed by atoms with Gasteiger partial charge in [-0.25, -0.2) is 17.9 Å². The number of halogens is 2. The minimum Gasteiger partial charge on any atom is -0.396 e. The van der Waals surface area contributed by atoms with Crippen molar-refractivity contribution in [1.82, 2.24) is 4.98 Å². The van der Waals surface area contributed by atoms with Crippen LogP contribution in [0.3, 0.4) is 0 Å². The van der Waals surface area contributed by atoms with Gasteiger partial charge in [0.2, 0.25) is 0 Å². The molecular formula is C21H35BrFN3O2SSi. The predicted molar refractivity (Wildman–Crippen MR) is 131 cm³/mol. The van der Waals surface area contributed by atoms with Gasteiger partial charge in [-0.05, 0) is 54.4 Å². The molecule has 5 nitrogen and oxygen atoms in total. The summed E-state index contributed by atoms with van der Waals surface area (Å²) in [6, 6.07) is 4.23. The number of hydrogen-bond acceptors (Lipinski definition) is 5. The summed E-state index contributed by atoms with van der Waals surface area (Å²) in [5.74, 6) is -0.328. The molecule has 2 rings (SSSR count). The SMILES string of the molecule is CC[Si](CC)(CC)c1cc(Br)nc(C2[C@@H](C)N=CC(C)(C)[S@@]2(=O)=NCCCO)c1F. The molecule has 30 heavy (non-hydrogen) atoms. The van der Waals surface area contributed by atoms with E-state index in [1.165, 1.54) is 0 Å². The number of hydrogen-bond donors (Lipinski definition) is 1. The van der Waals surface area contributed by atoms with Gasteiger partial charge >= 0.3 is 0 Å². The first-order chi connectivity index (χ1) is 14.0. The maximum atomic E-state index is 16.1. The largest absolute Gasteiger partial charge is 0.396 e. The molecule has 1 aromatic heterocycles. The molecule has 0 aliphatic carbocycles. The lowest BCUT2D eigenvalue weighted by Gasteiger charge is -2.38. The van der Waals surface area contributed by atoms with Crippen molar-refractivity contribution in [2.45, 2.75) is 82.1 Å². The van der Waals surface area contributed by atoms with Crippen molar-refractivity contribution < 1.29 is 13.7 Å². The molecule has 0 bridgehead atoms. The summed E-state index contributed by atoms with van der Waals surface area (Å²) < 4.78 is 34.8. The number of aliphatic hydroxyl groups is 1. The summed E-state index contributed by atoms with van der Waals surface area (Å²) >= 11 is 3.49. The standard InChI is InChI=1S/C21H35BrFN3O2SSi/c1-7-30(8-2,9-3)16-13-17(22)26-19(18(16)23)20-15(4)24-14-21(5,6)29(20,28)25-11-10-12-27/h13-15,20,27H,7-12H2,1-6H3/t15-,20?,29-/m1/s1. The van der Waals surface area contributed by atoms with E-state index in [1.807, 2.05) is 26.8 Å². The Morgan fingerprint density at radius 1 is 1.30 bits per heavy atom. The van der Waals surface area contributed by atoms with Gasteiger partial charge < -0.3 is 5.11 Å². The van der Waals surface area contributed by atoms with Crippen molar-refractivity contribution in [2.75, 3.05) is 13.2 Å². The fourth-order valence-electron chi connectivity index (χ4n) is 4.35. The first kappa shape index (κ1) is 25.6. The number of rotatable bonds is 8. The van der Waals surface area contributed by atoms with Gasteiger partial charge in [0.25, 0.3) is 0 Å². The van der Waals surface area contributed by atoms with Gasteiger partial charge in [-0.15, -0.1) is 0 Å². The van der Waals surface area contributed by atoms with E-state index in [2.05, 4.69) is 51.0 Å². The Morgan fingerprint density at radius 3 is 2.43 bits per heavy atom. The highest BCUT2D eigenvalue weighted by Gasteiger charge is 2.47. The van der Waals surface area contributed by atoms with Crippen LogP contribution in [0.2, 0.25) is 18.1 Å². The maximum Gasteiger partial charge on any atom is 0.145 e. The second-order valence-electron chi connectivity index (χ2n) is 8.57. The van der Waals surface area contributed by atoms with Crippen LogP contribution < -0.4 is 5.19 Å². The minimum absolute atomic E-state index is 0.0287. The molecule has 2 heterocycles. The minimum atomic E-state index is -2.95. The van der Waals surface area contributed by atoms with E-state index in [0.29, 0.717) is 11.0 Å². The van der Waals surface area contributed by atoms with Gasteiger partial charge in [0.15, 0.2) is 0 Å². The van der Waals surface area contributed by atoms with Crippen LogP contribution in [0, 0.1) is 5.82 Å². The molecule has 3 atom stereocenters. The smallest absolute Gasteiger partial charge is 0.145 e. The van der Waals surface area contributed by atoms with Crippen molar-refractivity contribution in [2.24, 2.45) is 9.36 Å². The Balaban J connectivity index is 2.82. The van der Waals surface area contributed by atoms with Crippen LogP contribution in [0.1, 0.15) is 58.9 Å². The molecule has 1 aliphatic heterocycles. The summed E-state index contributed by atoms with van der Waals surface area (Å²) in [6.07, 6.45) is 2.11. The van der Waals surface area contributed by atoms with Gasteiger partial charge in [-0.1, -0.05) is 38.9 Å². The quantitative estimate of drug-likeness (QED) is 0.303. The van der Waals surface area contributed by atoms with Crippen LogP contribution in [-0.2, 0) is 9.73 Å². The van der Waals surface area contributed by atoms with E-state index in [9.17, 15) is 9.32 Å². The van der Waals surface area contributed by atoms with Crippen LogP contribution in [0.25, 0.3) is 0 Å².